The summed E-state index contributed by atoms with van der Waals surface area (Å²) in [7, 11) is 0. The van der Waals surface area contributed by atoms with Crippen molar-refractivity contribution >= 4 is 23.0 Å². The number of phenols is 1. The molecule has 1 N–H and O–H groups in total. The standard InChI is InChI=1S/C13H12N2O3S.BrH/c1-9(16)14-13-15(6-7-19-13)8-12(18)10-2-4-11(17)5-3-10;/h2-7,17H,8H2,1H3;1H/p-1. The topological polar surface area (TPSA) is 71.7 Å². The number of amides is 1. The zero-order valence-corrected chi connectivity index (χ0v) is 13.0. The first-order valence-corrected chi connectivity index (χ1v) is 6.45. The first-order chi connectivity index (χ1) is 9.06. The molecule has 2 rings (SSSR count). The third-order valence-electron chi connectivity index (χ3n) is 2.42. The fourth-order valence-corrected chi connectivity index (χ4v) is 2.31. The minimum Gasteiger partial charge on any atom is -1.00 e. The van der Waals surface area contributed by atoms with Crippen LogP contribution in [-0.4, -0.2) is 21.4 Å². The Hall–Kier alpha value is -1.73. The van der Waals surface area contributed by atoms with Crippen LogP contribution in [0.1, 0.15) is 17.3 Å². The van der Waals surface area contributed by atoms with Crippen molar-refractivity contribution in [1.29, 1.82) is 0 Å². The van der Waals surface area contributed by atoms with Crippen molar-refractivity contribution in [2.24, 2.45) is 4.99 Å². The molecular formula is C13H12BrN2O3S-. The van der Waals surface area contributed by atoms with E-state index >= 15 is 0 Å². The Morgan fingerprint density at radius 3 is 2.55 bits per heavy atom. The molecule has 1 heterocycles. The van der Waals surface area contributed by atoms with Crippen LogP contribution in [0.15, 0.2) is 40.8 Å². The molecular weight excluding hydrogens is 344 g/mol. The van der Waals surface area contributed by atoms with Gasteiger partial charge in [-0.25, -0.2) is 0 Å². The molecule has 0 saturated carbocycles. The van der Waals surface area contributed by atoms with Gasteiger partial charge < -0.3 is 26.7 Å². The fraction of sp³-hybridized carbons (Fsp3) is 0.154. The summed E-state index contributed by atoms with van der Waals surface area (Å²) in [6.45, 7) is 1.48. The summed E-state index contributed by atoms with van der Waals surface area (Å²) < 4.78 is 1.63. The third kappa shape index (κ3) is 4.14. The van der Waals surface area contributed by atoms with Gasteiger partial charge in [-0.05, 0) is 24.3 Å². The highest BCUT2D eigenvalue weighted by Crippen LogP contribution is 2.10. The van der Waals surface area contributed by atoms with Crippen LogP contribution in [0.3, 0.4) is 0 Å². The second-order valence-corrected chi connectivity index (χ2v) is 4.79. The van der Waals surface area contributed by atoms with Gasteiger partial charge in [-0.2, -0.15) is 4.99 Å². The van der Waals surface area contributed by atoms with E-state index in [9.17, 15) is 14.7 Å². The number of carbonyl (C=O) groups is 2. The molecule has 1 aromatic heterocycles. The normalized spacial score (nSPS) is 10.9. The van der Waals surface area contributed by atoms with Gasteiger partial charge in [-0.1, -0.05) is 0 Å². The average molecular weight is 356 g/mol. The van der Waals surface area contributed by atoms with E-state index in [2.05, 4.69) is 4.99 Å². The van der Waals surface area contributed by atoms with E-state index in [1.807, 2.05) is 0 Å². The molecule has 0 saturated heterocycles. The molecule has 2 aromatic rings. The lowest BCUT2D eigenvalue weighted by Gasteiger charge is -2.02. The van der Waals surface area contributed by atoms with E-state index < -0.39 is 0 Å². The van der Waals surface area contributed by atoms with Crippen molar-refractivity contribution in [2.45, 2.75) is 13.5 Å². The van der Waals surface area contributed by atoms with E-state index in [1.165, 1.54) is 30.4 Å². The molecule has 0 aliphatic heterocycles. The number of benzene rings is 1. The lowest BCUT2D eigenvalue weighted by molar-refractivity contribution is -0.116. The summed E-state index contributed by atoms with van der Waals surface area (Å²) in [5, 5.41) is 10.9. The average Bonchev–Trinajstić information content (AvgIpc) is 2.76. The van der Waals surface area contributed by atoms with Gasteiger partial charge in [0.2, 0.25) is 5.91 Å². The van der Waals surface area contributed by atoms with Gasteiger partial charge in [0.1, 0.15) is 5.75 Å². The van der Waals surface area contributed by atoms with Crippen LogP contribution in [0.4, 0.5) is 0 Å². The smallest absolute Gasteiger partial charge is 0.245 e. The van der Waals surface area contributed by atoms with Gasteiger partial charge in [0, 0.05) is 24.1 Å². The fourth-order valence-electron chi connectivity index (χ4n) is 1.54. The Morgan fingerprint density at radius 2 is 1.95 bits per heavy atom. The summed E-state index contributed by atoms with van der Waals surface area (Å²) in [4.78, 5) is 27.3. The lowest BCUT2D eigenvalue weighted by Crippen LogP contribution is -3.00. The molecule has 1 aromatic carbocycles. The number of aromatic hydroxyl groups is 1. The highest BCUT2D eigenvalue weighted by atomic mass is 79.9. The molecule has 0 spiro atoms. The minimum absolute atomic E-state index is 0. The Balaban J connectivity index is 0.00000200. The van der Waals surface area contributed by atoms with E-state index in [4.69, 9.17) is 0 Å². The van der Waals surface area contributed by atoms with Crippen LogP contribution in [0.25, 0.3) is 0 Å². The maximum absolute atomic E-state index is 12.0. The van der Waals surface area contributed by atoms with Crippen molar-refractivity contribution in [3.8, 4) is 5.75 Å². The van der Waals surface area contributed by atoms with E-state index in [0.29, 0.717) is 10.4 Å². The Kier molecular flexibility index (Phi) is 5.84. The molecule has 5 nitrogen and oxygen atoms in total. The molecule has 106 valence electrons. The highest BCUT2D eigenvalue weighted by Gasteiger charge is 2.08. The molecule has 0 radical (unpaired) electrons. The van der Waals surface area contributed by atoms with Gasteiger partial charge in [-0.15, -0.1) is 11.3 Å². The lowest BCUT2D eigenvalue weighted by atomic mass is 10.1. The molecule has 0 atom stereocenters. The van der Waals surface area contributed by atoms with Crippen LogP contribution in [0, 0.1) is 0 Å². The number of carbonyl (C=O) groups excluding carboxylic acids is 2. The summed E-state index contributed by atoms with van der Waals surface area (Å²) in [6, 6.07) is 6.05. The maximum atomic E-state index is 12.0. The van der Waals surface area contributed by atoms with Gasteiger partial charge in [-0.3, -0.25) is 9.59 Å². The van der Waals surface area contributed by atoms with Gasteiger partial charge in [0.05, 0.1) is 6.54 Å². The Morgan fingerprint density at radius 1 is 1.30 bits per heavy atom. The molecule has 0 unspecified atom stereocenters. The number of aromatic nitrogens is 1. The quantitative estimate of drug-likeness (QED) is 0.687. The first kappa shape index (κ1) is 16.3. The van der Waals surface area contributed by atoms with Crippen LogP contribution < -0.4 is 21.8 Å². The van der Waals surface area contributed by atoms with Gasteiger partial charge in [0.25, 0.3) is 0 Å². The van der Waals surface area contributed by atoms with E-state index in [-0.39, 0.29) is 41.0 Å². The molecule has 0 aliphatic carbocycles. The number of nitrogens with zero attached hydrogens (tertiary/aromatic N) is 2. The number of phenolic OH excluding ortho intramolecular Hbond substituents is 1. The summed E-state index contributed by atoms with van der Waals surface area (Å²) >= 11 is 1.30. The van der Waals surface area contributed by atoms with E-state index in [1.54, 1.807) is 28.3 Å². The minimum atomic E-state index is -0.298. The van der Waals surface area contributed by atoms with Crippen molar-refractivity contribution < 1.29 is 31.7 Å². The summed E-state index contributed by atoms with van der Waals surface area (Å²) in [5.74, 6) is -0.288. The largest absolute Gasteiger partial charge is 1.00 e. The zero-order chi connectivity index (χ0) is 13.8. The van der Waals surface area contributed by atoms with Crippen molar-refractivity contribution in [3.05, 3.63) is 46.2 Å². The number of Topliss-reactive ketones (excluding diaryl/α,β-unsaturated/α-hetero) is 1. The maximum Gasteiger partial charge on any atom is 0.245 e. The number of rotatable bonds is 3. The van der Waals surface area contributed by atoms with Crippen LogP contribution in [-0.2, 0) is 11.3 Å². The molecule has 0 bridgehead atoms. The van der Waals surface area contributed by atoms with Crippen LogP contribution >= 0.6 is 11.3 Å². The predicted molar refractivity (Wildman–Crippen MR) is 71.0 cm³/mol. The number of halogens is 1. The summed E-state index contributed by atoms with van der Waals surface area (Å²) in [5.41, 5.74) is 0.505. The second kappa shape index (κ2) is 7.16. The molecule has 1 amide bonds. The van der Waals surface area contributed by atoms with Crippen molar-refractivity contribution in [1.82, 2.24) is 4.57 Å². The SMILES string of the molecule is CC(=O)N=c1sccn1CC(=O)c1ccc(O)cc1.[Br-]. The monoisotopic (exact) mass is 355 g/mol. The molecule has 20 heavy (non-hydrogen) atoms. The molecule has 0 aliphatic rings. The Labute approximate surface area is 130 Å². The van der Waals surface area contributed by atoms with Crippen LogP contribution in [0.5, 0.6) is 5.75 Å². The molecule has 7 heteroatoms. The second-order valence-electron chi connectivity index (χ2n) is 3.91. The van der Waals surface area contributed by atoms with Gasteiger partial charge >= 0.3 is 0 Å². The van der Waals surface area contributed by atoms with Crippen molar-refractivity contribution in [2.75, 3.05) is 0 Å². The number of hydrogen-bond donors (Lipinski definition) is 1. The third-order valence-corrected chi connectivity index (χ3v) is 3.21. The van der Waals surface area contributed by atoms with Crippen molar-refractivity contribution in [3.63, 3.8) is 0 Å². The zero-order valence-electron chi connectivity index (χ0n) is 10.6. The molecule has 0 fully saturated rings. The predicted octanol–water partition coefficient (Wildman–Crippen LogP) is -1.41. The van der Waals surface area contributed by atoms with Crippen LogP contribution in [0.2, 0.25) is 0 Å². The van der Waals surface area contributed by atoms with E-state index in [0.717, 1.165) is 0 Å². The summed E-state index contributed by atoms with van der Waals surface area (Å²) in [6.07, 6.45) is 1.71. The number of thiazole rings is 1. The van der Waals surface area contributed by atoms with Gasteiger partial charge in [0.15, 0.2) is 10.6 Å². The highest BCUT2D eigenvalue weighted by molar-refractivity contribution is 7.07. The Bertz CT molecular complexity index is 673. The number of ketones is 1. The first-order valence-electron chi connectivity index (χ1n) is 5.58. The number of hydrogen-bond acceptors (Lipinski definition) is 4.